The van der Waals surface area contributed by atoms with Crippen LogP contribution in [0.4, 0.5) is 16.2 Å². The molecule has 3 N–H and O–H groups in total. The van der Waals surface area contributed by atoms with Gasteiger partial charge in [-0.3, -0.25) is 15.1 Å². The Morgan fingerprint density at radius 2 is 1.74 bits per heavy atom. The van der Waals surface area contributed by atoms with Crippen LogP contribution in [-0.4, -0.2) is 22.1 Å². The average molecular weight is 257 g/mol. The van der Waals surface area contributed by atoms with Gasteiger partial charge in [-0.05, 0) is 30.3 Å². The highest BCUT2D eigenvalue weighted by atomic mass is 16.4. The molecule has 0 aliphatic carbocycles. The third kappa shape index (κ3) is 3.53. The number of hydrogen-bond donors (Lipinski definition) is 3. The molecule has 1 aromatic heterocycles. The smallest absolute Gasteiger partial charge is 0.409 e. The molecule has 2 aromatic rings. The van der Waals surface area contributed by atoms with Crippen molar-refractivity contribution in [1.82, 2.24) is 4.98 Å². The summed E-state index contributed by atoms with van der Waals surface area (Å²) in [4.78, 5) is 26.3. The molecule has 0 aliphatic rings. The lowest BCUT2D eigenvalue weighted by Crippen LogP contribution is -2.13. The van der Waals surface area contributed by atoms with Crippen LogP contribution >= 0.6 is 0 Å². The van der Waals surface area contributed by atoms with Gasteiger partial charge in [0.05, 0.1) is 0 Å². The van der Waals surface area contributed by atoms with Crippen molar-refractivity contribution < 1.29 is 14.7 Å². The van der Waals surface area contributed by atoms with Crippen LogP contribution in [-0.2, 0) is 0 Å². The van der Waals surface area contributed by atoms with Crippen LogP contribution in [0.1, 0.15) is 10.4 Å². The number of carbonyl (C=O) groups is 2. The first kappa shape index (κ1) is 12.6. The van der Waals surface area contributed by atoms with Crippen molar-refractivity contribution in [1.29, 1.82) is 0 Å². The Morgan fingerprint density at radius 1 is 1.00 bits per heavy atom. The topological polar surface area (TPSA) is 91.3 Å². The fraction of sp³-hybridized carbons (Fsp3) is 0. The zero-order chi connectivity index (χ0) is 13.7. The van der Waals surface area contributed by atoms with Gasteiger partial charge in [0.2, 0.25) is 0 Å². The van der Waals surface area contributed by atoms with Crippen LogP contribution in [0.2, 0.25) is 0 Å². The summed E-state index contributed by atoms with van der Waals surface area (Å²) in [5, 5.41) is 13.5. The molecule has 1 heterocycles. The standard InChI is InChI=1S/C13H11N3O3/c17-12(15-10-4-6-14-7-5-10)9-2-1-3-11(8-9)16-13(18)19/h1-8,16H,(H,18,19)(H,14,15,17). The molecule has 0 fully saturated rings. The predicted molar refractivity (Wildman–Crippen MR) is 70.3 cm³/mol. The first-order valence-electron chi connectivity index (χ1n) is 5.46. The van der Waals surface area contributed by atoms with Crippen LogP contribution in [0.15, 0.2) is 48.8 Å². The largest absolute Gasteiger partial charge is 0.465 e. The second-order valence-corrected chi connectivity index (χ2v) is 3.70. The minimum atomic E-state index is -1.17. The fourth-order valence-corrected chi connectivity index (χ4v) is 1.50. The average Bonchev–Trinajstić information content (AvgIpc) is 2.39. The summed E-state index contributed by atoms with van der Waals surface area (Å²) in [6.07, 6.45) is 1.96. The second kappa shape index (κ2) is 5.63. The Balaban J connectivity index is 2.13. The van der Waals surface area contributed by atoms with Crippen LogP contribution in [0, 0.1) is 0 Å². The van der Waals surface area contributed by atoms with Gasteiger partial charge in [0.15, 0.2) is 0 Å². The third-order valence-electron chi connectivity index (χ3n) is 2.31. The molecule has 0 radical (unpaired) electrons. The van der Waals surface area contributed by atoms with E-state index in [1.54, 1.807) is 42.7 Å². The third-order valence-corrected chi connectivity index (χ3v) is 2.31. The lowest BCUT2D eigenvalue weighted by atomic mass is 10.2. The van der Waals surface area contributed by atoms with Crippen molar-refractivity contribution in [2.45, 2.75) is 0 Å². The Bertz CT molecular complexity index is 599. The van der Waals surface area contributed by atoms with Crippen molar-refractivity contribution in [3.8, 4) is 0 Å². The minimum absolute atomic E-state index is 0.319. The number of carboxylic acid groups (broad SMARTS) is 1. The fourth-order valence-electron chi connectivity index (χ4n) is 1.50. The molecule has 6 heteroatoms. The van der Waals surface area contributed by atoms with E-state index >= 15 is 0 Å². The van der Waals surface area contributed by atoms with E-state index in [9.17, 15) is 9.59 Å². The molecule has 0 saturated carbocycles. The Kier molecular flexibility index (Phi) is 3.72. The molecule has 2 amide bonds. The quantitative estimate of drug-likeness (QED) is 0.787. The number of nitrogens with zero attached hydrogens (tertiary/aromatic N) is 1. The molecule has 0 bridgehead atoms. The first-order valence-corrected chi connectivity index (χ1v) is 5.46. The second-order valence-electron chi connectivity index (χ2n) is 3.70. The van der Waals surface area contributed by atoms with E-state index in [0.717, 1.165) is 0 Å². The normalized spacial score (nSPS) is 9.68. The molecule has 0 spiro atoms. The summed E-state index contributed by atoms with van der Waals surface area (Å²) in [7, 11) is 0. The van der Waals surface area contributed by atoms with Crippen molar-refractivity contribution in [3.63, 3.8) is 0 Å². The number of nitrogens with one attached hydrogen (secondary N) is 2. The van der Waals surface area contributed by atoms with E-state index in [4.69, 9.17) is 5.11 Å². The number of aromatic nitrogens is 1. The number of anilines is 2. The lowest BCUT2D eigenvalue weighted by Gasteiger charge is -2.06. The van der Waals surface area contributed by atoms with Gasteiger partial charge in [-0.2, -0.15) is 0 Å². The highest BCUT2D eigenvalue weighted by molar-refractivity contribution is 6.05. The van der Waals surface area contributed by atoms with Gasteiger partial charge in [-0.15, -0.1) is 0 Å². The van der Waals surface area contributed by atoms with E-state index in [1.807, 2.05) is 0 Å². The van der Waals surface area contributed by atoms with Gasteiger partial charge in [-0.1, -0.05) is 6.07 Å². The zero-order valence-electron chi connectivity index (χ0n) is 9.83. The Labute approximate surface area is 109 Å². The van der Waals surface area contributed by atoms with Gasteiger partial charge < -0.3 is 10.4 Å². The van der Waals surface area contributed by atoms with Gasteiger partial charge in [0, 0.05) is 29.3 Å². The summed E-state index contributed by atoms with van der Waals surface area (Å²) >= 11 is 0. The van der Waals surface area contributed by atoms with Crippen molar-refractivity contribution >= 4 is 23.4 Å². The van der Waals surface area contributed by atoms with Gasteiger partial charge in [0.1, 0.15) is 0 Å². The number of hydrogen-bond acceptors (Lipinski definition) is 3. The van der Waals surface area contributed by atoms with Crippen molar-refractivity contribution in [3.05, 3.63) is 54.4 Å². The molecular formula is C13H11N3O3. The summed E-state index contributed by atoms with van der Waals surface area (Å²) in [5.74, 6) is -0.319. The van der Waals surface area contributed by atoms with Crippen LogP contribution < -0.4 is 10.6 Å². The van der Waals surface area contributed by atoms with E-state index < -0.39 is 6.09 Å². The molecule has 2 rings (SSSR count). The summed E-state index contributed by atoms with van der Waals surface area (Å²) in [6, 6.07) is 9.56. The van der Waals surface area contributed by atoms with E-state index in [-0.39, 0.29) is 5.91 Å². The monoisotopic (exact) mass is 257 g/mol. The lowest BCUT2D eigenvalue weighted by molar-refractivity contribution is 0.102. The maximum Gasteiger partial charge on any atom is 0.409 e. The summed E-state index contributed by atoms with van der Waals surface area (Å²) in [6.45, 7) is 0. The van der Waals surface area contributed by atoms with Gasteiger partial charge in [-0.25, -0.2) is 4.79 Å². The summed E-state index contributed by atoms with van der Waals surface area (Å²) < 4.78 is 0. The van der Waals surface area contributed by atoms with Crippen LogP contribution in [0.5, 0.6) is 0 Å². The van der Waals surface area contributed by atoms with Gasteiger partial charge in [0.25, 0.3) is 5.91 Å². The Morgan fingerprint density at radius 3 is 2.42 bits per heavy atom. The van der Waals surface area contributed by atoms with Crippen LogP contribution in [0.25, 0.3) is 0 Å². The number of rotatable bonds is 3. The molecular weight excluding hydrogens is 246 g/mol. The molecule has 0 saturated heterocycles. The molecule has 96 valence electrons. The maximum atomic E-state index is 11.9. The number of carbonyl (C=O) groups excluding carboxylic acids is 1. The molecule has 6 nitrogen and oxygen atoms in total. The maximum absolute atomic E-state index is 11.9. The van der Waals surface area contributed by atoms with E-state index in [2.05, 4.69) is 15.6 Å². The van der Waals surface area contributed by atoms with Crippen molar-refractivity contribution in [2.75, 3.05) is 10.6 Å². The molecule has 0 atom stereocenters. The number of benzene rings is 1. The number of amides is 2. The highest BCUT2D eigenvalue weighted by Crippen LogP contribution is 2.13. The zero-order valence-corrected chi connectivity index (χ0v) is 9.83. The molecule has 0 aliphatic heterocycles. The minimum Gasteiger partial charge on any atom is -0.465 e. The SMILES string of the molecule is O=C(O)Nc1cccc(C(=O)Nc2ccncc2)c1. The summed E-state index contributed by atoms with van der Waals surface area (Å²) in [5.41, 5.74) is 1.33. The van der Waals surface area contributed by atoms with Crippen molar-refractivity contribution in [2.24, 2.45) is 0 Å². The predicted octanol–water partition coefficient (Wildman–Crippen LogP) is 2.42. The van der Waals surface area contributed by atoms with Crippen LogP contribution in [0.3, 0.4) is 0 Å². The molecule has 19 heavy (non-hydrogen) atoms. The highest BCUT2D eigenvalue weighted by Gasteiger charge is 2.07. The van der Waals surface area contributed by atoms with Gasteiger partial charge >= 0.3 is 6.09 Å². The van der Waals surface area contributed by atoms with E-state index in [0.29, 0.717) is 16.9 Å². The molecule has 0 unspecified atom stereocenters. The Hall–Kier alpha value is -2.89. The van der Waals surface area contributed by atoms with E-state index in [1.165, 1.54) is 6.07 Å². The number of pyridine rings is 1. The molecule has 1 aromatic carbocycles. The first-order chi connectivity index (χ1) is 9.15.